The Morgan fingerprint density at radius 3 is 2.45 bits per heavy atom. The lowest BCUT2D eigenvalue weighted by Crippen LogP contribution is -2.31. The van der Waals surface area contributed by atoms with Crippen molar-refractivity contribution in [2.24, 2.45) is 0 Å². The van der Waals surface area contributed by atoms with Gasteiger partial charge < -0.3 is 10.0 Å². The fourth-order valence-electron chi connectivity index (χ4n) is 3.71. The number of aliphatic hydroxyl groups is 1. The van der Waals surface area contributed by atoms with E-state index in [0.717, 1.165) is 24.0 Å². The average Bonchev–Trinajstić information content (AvgIpc) is 2.95. The Bertz CT molecular complexity index is 980. The monoisotopic (exact) mass is 395 g/mol. The highest BCUT2D eigenvalue weighted by atomic mass is 19.1. The second-order valence-corrected chi connectivity index (χ2v) is 7.52. The molecule has 1 unspecified atom stereocenters. The SMILES string of the molecule is CCCCCN1C(=O)C(=O)/C(=C(/O)c2ccc(C)c(C)c2)C1c1ccccc1F. The van der Waals surface area contributed by atoms with Crippen molar-refractivity contribution in [1.29, 1.82) is 0 Å². The molecule has 1 N–H and O–H groups in total. The highest BCUT2D eigenvalue weighted by molar-refractivity contribution is 6.46. The molecule has 0 saturated carbocycles. The number of halogens is 1. The molecule has 3 rings (SSSR count). The molecule has 4 nitrogen and oxygen atoms in total. The van der Waals surface area contributed by atoms with Crippen molar-refractivity contribution in [3.8, 4) is 0 Å². The van der Waals surface area contributed by atoms with Gasteiger partial charge in [0.25, 0.3) is 11.7 Å². The van der Waals surface area contributed by atoms with E-state index in [9.17, 15) is 19.1 Å². The van der Waals surface area contributed by atoms with Crippen molar-refractivity contribution in [2.45, 2.75) is 46.1 Å². The highest BCUT2D eigenvalue weighted by Gasteiger charge is 2.46. The molecule has 2 aromatic rings. The first-order valence-electron chi connectivity index (χ1n) is 9.97. The number of aliphatic hydroxyl groups excluding tert-OH is 1. The first-order valence-corrected chi connectivity index (χ1v) is 9.97. The van der Waals surface area contributed by atoms with Crippen LogP contribution in [0.1, 0.15) is 54.5 Å². The van der Waals surface area contributed by atoms with Gasteiger partial charge in [0.1, 0.15) is 11.6 Å². The van der Waals surface area contributed by atoms with Gasteiger partial charge in [0.2, 0.25) is 0 Å². The molecule has 0 aromatic heterocycles. The summed E-state index contributed by atoms with van der Waals surface area (Å²) in [6, 6.07) is 10.5. The van der Waals surface area contributed by atoms with Crippen LogP contribution in [0.2, 0.25) is 0 Å². The Hall–Kier alpha value is -2.95. The van der Waals surface area contributed by atoms with Crippen molar-refractivity contribution >= 4 is 17.4 Å². The average molecular weight is 395 g/mol. The van der Waals surface area contributed by atoms with Gasteiger partial charge in [0.05, 0.1) is 11.6 Å². The number of carbonyl (C=O) groups excluding carboxylic acids is 2. The van der Waals surface area contributed by atoms with Crippen molar-refractivity contribution in [3.05, 3.63) is 76.1 Å². The third kappa shape index (κ3) is 3.95. The topological polar surface area (TPSA) is 57.6 Å². The van der Waals surface area contributed by atoms with E-state index in [1.807, 2.05) is 26.8 Å². The minimum atomic E-state index is -0.935. The van der Waals surface area contributed by atoms with Gasteiger partial charge in [-0.25, -0.2) is 4.39 Å². The lowest BCUT2D eigenvalue weighted by Gasteiger charge is -2.25. The molecule has 0 aliphatic carbocycles. The number of rotatable bonds is 6. The lowest BCUT2D eigenvalue weighted by molar-refractivity contribution is -0.139. The van der Waals surface area contributed by atoms with Crippen LogP contribution in [0.4, 0.5) is 4.39 Å². The normalized spacial score (nSPS) is 18.5. The zero-order chi connectivity index (χ0) is 21.1. The fraction of sp³-hybridized carbons (Fsp3) is 0.333. The molecule has 1 aliphatic rings. The fourth-order valence-corrected chi connectivity index (χ4v) is 3.71. The number of unbranched alkanes of at least 4 members (excludes halogenated alkanes) is 2. The van der Waals surface area contributed by atoms with Gasteiger partial charge in [-0.1, -0.05) is 50.1 Å². The van der Waals surface area contributed by atoms with Crippen LogP contribution in [-0.2, 0) is 9.59 Å². The molecule has 5 heteroatoms. The van der Waals surface area contributed by atoms with E-state index in [2.05, 4.69) is 0 Å². The first-order chi connectivity index (χ1) is 13.9. The largest absolute Gasteiger partial charge is 0.507 e. The smallest absolute Gasteiger partial charge is 0.295 e. The minimum absolute atomic E-state index is 0.0557. The van der Waals surface area contributed by atoms with Crippen molar-refractivity contribution < 1.29 is 19.1 Å². The number of hydrogen-bond acceptors (Lipinski definition) is 3. The summed E-state index contributed by atoms with van der Waals surface area (Å²) in [5.74, 6) is -2.24. The van der Waals surface area contributed by atoms with Crippen molar-refractivity contribution in [2.75, 3.05) is 6.54 Å². The Labute approximate surface area is 170 Å². The van der Waals surface area contributed by atoms with E-state index in [1.165, 1.54) is 11.0 Å². The van der Waals surface area contributed by atoms with E-state index in [-0.39, 0.29) is 16.9 Å². The third-order valence-corrected chi connectivity index (χ3v) is 5.52. The molecule has 1 atom stereocenters. The molecule has 0 spiro atoms. The van der Waals surface area contributed by atoms with Crippen LogP contribution in [0.25, 0.3) is 5.76 Å². The molecule has 1 heterocycles. The Morgan fingerprint density at radius 1 is 1.07 bits per heavy atom. The summed E-state index contributed by atoms with van der Waals surface area (Å²) < 4.78 is 14.7. The Kier molecular flexibility index (Phi) is 6.16. The predicted octanol–water partition coefficient (Wildman–Crippen LogP) is 5.05. The van der Waals surface area contributed by atoms with Crippen LogP contribution >= 0.6 is 0 Å². The summed E-state index contributed by atoms with van der Waals surface area (Å²) in [5.41, 5.74) is 2.61. The van der Waals surface area contributed by atoms with E-state index < -0.39 is 23.5 Å². The summed E-state index contributed by atoms with van der Waals surface area (Å²) in [6.45, 7) is 6.23. The summed E-state index contributed by atoms with van der Waals surface area (Å²) in [4.78, 5) is 27.0. The number of aryl methyl sites for hydroxylation is 2. The molecule has 1 fully saturated rings. The maximum atomic E-state index is 14.7. The first kappa shape index (κ1) is 20.8. The van der Waals surface area contributed by atoms with Gasteiger partial charge in [-0.05, 0) is 43.5 Å². The summed E-state index contributed by atoms with van der Waals surface area (Å²) >= 11 is 0. The second-order valence-electron chi connectivity index (χ2n) is 7.52. The zero-order valence-electron chi connectivity index (χ0n) is 17.0. The zero-order valence-corrected chi connectivity index (χ0v) is 17.0. The number of nitrogens with zero attached hydrogens (tertiary/aromatic N) is 1. The quantitative estimate of drug-likeness (QED) is 0.322. The Balaban J connectivity index is 2.16. The maximum absolute atomic E-state index is 14.7. The molecule has 0 bridgehead atoms. The summed E-state index contributed by atoms with van der Waals surface area (Å²) in [5, 5.41) is 11.0. The molecular weight excluding hydrogens is 369 g/mol. The molecule has 1 saturated heterocycles. The number of Topliss-reactive ketones (excluding diaryl/α,β-unsaturated/α-hetero) is 1. The number of ketones is 1. The van der Waals surface area contributed by atoms with Gasteiger partial charge >= 0.3 is 0 Å². The van der Waals surface area contributed by atoms with Crippen LogP contribution in [-0.4, -0.2) is 28.2 Å². The third-order valence-electron chi connectivity index (χ3n) is 5.52. The van der Waals surface area contributed by atoms with Gasteiger partial charge in [-0.2, -0.15) is 0 Å². The van der Waals surface area contributed by atoms with Crippen LogP contribution in [0.5, 0.6) is 0 Å². The van der Waals surface area contributed by atoms with Crippen molar-refractivity contribution in [1.82, 2.24) is 4.90 Å². The van der Waals surface area contributed by atoms with Crippen LogP contribution < -0.4 is 0 Å². The van der Waals surface area contributed by atoms with E-state index in [4.69, 9.17) is 0 Å². The van der Waals surface area contributed by atoms with Gasteiger partial charge in [-0.15, -0.1) is 0 Å². The maximum Gasteiger partial charge on any atom is 0.295 e. The van der Waals surface area contributed by atoms with Gasteiger partial charge in [-0.3, -0.25) is 9.59 Å². The van der Waals surface area contributed by atoms with Crippen LogP contribution in [0.15, 0.2) is 48.0 Å². The number of benzene rings is 2. The van der Waals surface area contributed by atoms with E-state index in [0.29, 0.717) is 18.5 Å². The van der Waals surface area contributed by atoms with E-state index in [1.54, 1.807) is 30.3 Å². The molecule has 1 aliphatic heterocycles. The Morgan fingerprint density at radius 2 is 1.79 bits per heavy atom. The van der Waals surface area contributed by atoms with Crippen LogP contribution in [0.3, 0.4) is 0 Å². The molecule has 152 valence electrons. The van der Waals surface area contributed by atoms with Crippen LogP contribution in [0, 0.1) is 19.7 Å². The van der Waals surface area contributed by atoms with E-state index >= 15 is 0 Å². The lowest BCUT2D eigenvalue weighted by atomic mass is 9.94. The standard InChI is InChI=1S/C24H26FNO3/c1-4-5-8-13-26-21(18-9-6-7-10-19(18)25)20(23(28)24(26)29)22(27)17-12-11-15(2)16(3)14-17/h6-7,9-12,14,21,27H,4-5,8,13H2,1-3H3/b22-20+. The summed E-state index contributed by atoms with van der Waals surface area (Å²) in [6.07, 6.45) is 2.55. The van der Waals surface area contributed by atoms with Gasteiger partial charge in [0.15, 0.2) is 0 Å². The summed E-state index contributed by atoms with van der Waals surface area (Å²) in [7, 11) is 0. The number of amides is 1. The molecular formula is C24H26FNO3. The van der Waals surface area contributed by atoms with Gasteiger partial charge in [0, 0.05) is 17.7 Å². The second kappa shape index (κ2) is 8.60. The predicted molar refractivity (Wildman–Crippen MR) is 111 cm³/mol. The molecule has 2 aromatic carbocycles. The highest BCUT2D eigenvalue weighted by Crippen LogP contribution is 2.40. The molecule has 0 radical (unpaired) electrons. The number of likely N-dealkylation sites (tertiary alicyclic amines) is 1. The molecule has 29 heavy (non-hydrogen) atoms. The number of carbonyl (C=O) groups is 2. The number of hydrogen-bond donors (Lipinski definition) is 1. The molecule has 1 amide bonds. The van der Waals surface area contributed by atoms with Crippen molar-refractivity contribution in [3.63, 3.8) is 0 Å². The minimum Gasteiger partial charge on any atom is -0.507 e.